The number of fused-ring (bicyclic) bond motifs is 2. The van der Waals surface area contributed by atoms with Crippen LogP contribution < -0.4 is 14.8 Å². The molecule has 4 rings (SSSR count). The molecule has 1 saturated carbocycles. The molecule has 96 valence electrons. The first-order valence-electron chi connectivity index (χ1n) is 7.00. The Hall–Kier alpha value is -1.22. The molecular weight excluding hydrogens is 226 g/mol. The van der Waals surface area contributed by atoms with Gasteiger partial charge in [-0.3, -0.25) is 0 Å². The topological polar surface area (TPSA) is 30.5 Å². The highest BCUT2D eigenvalue weighted by atomic mass is 16.6. The summed E-state index contributed by atoms with van der Waals surface area (Å²) in [6.07, 6.45) is 2.72. The summed E-state index contributed by atoms with van der Waals surface area (Å²) in [6.45, 7) is 4.70. The zero-order valence-corrected chi connectivity index (χ0v) is 10.7. The number of hydrogen-bond acceptors (Lipinski definition) is 3. The van der Waals surface area contributed by atoms with Crippen molar-refractivity contribution in [1.29, 1.82) is 0 Å². The highest BCUT2D eigenvalue weighted by molar-refractivity contribution is 5.51. The van der Waals surface area contributed by atoms with Gasteiger partial charge in [-0.1, -0.05) is 6.92 Å². The molecule has 0 bridgehead atoms. The van der Waals surface area contributed by atoms with Crippen molar-refractivity contribution in [3.63, 3.8) is 0 Å². The summed E-state index contributed by atoms with van der Waals surface area (Å²) in [4.78, 5) is 0. The van der Waals surface area contributed by atoms with Crippen LogP contribution in [-0.4, -0.2) is 19.8 Å². The van der Waals surface area contributed by atoms with Gasteiger partial charge in [0.1, 0.15) is 13.2 Å². The Labute approximate surface area is 107 Å². The fourth-order valence-corrected chi connectivity index (χ4v) is 3.19. The Morgan fingerprint density at radius 1 is 1.06 bits per heavy atom. The number of ether oxygens (including phenoxy) is 2. The van der Waals surface area contributed by atoms with Gasteiger partial charge in [0.2, 0.25) is 0 Å². The fraction of sp³-hybridized carbons (Fsp3) is 0.600. The van der Waals surface area contributed by atoms with Crippen LogP contribution in [0.4, 0.5) is 0 Å². The van der Waals surface area contributed by atoms with E-state index in [2.05, 4.69) is 24.4 Å². The van der Waals surface area contributed by atoms with E-state index in [1.807, 2.05) is 0 Å². The van der Waals surface area contributed by atoms with Crippen LogP contribution in [-0.2, 0) is 0 Å². The summed E-state index contributed by atoms with van der Waals surface area (Å²) in [7, 11) is 0. The molecule has 2 heterocycles. The van der Waals surface area contributed by atoms with E-state index < -0.39 is 0 Å². The number of rotatable bonds is 1. The molecule has 0 aromatic heterocycles. The average molecular weight is 245 g/mol. The van der Waals surface area contributed by atoms with Crippen molar-refractivity contribution in [2.24, 2.45) is 5.92 Å². The summed E-state index contributed by atoms with van der Waals surface area (Å²) in [5.41, 5.74) is 2.90. The minimum Gasteiger partial charge on any atom is -0.486 e. The van der Waals surface area contributed by atoms with Gasteiger partial charge >= 0.3 is 0 Å². The average Bonchev–Trinajstić information content (AvgIpc) is 3.22. The molecule has 3 nitrogen and oxygen atoms in total. The van der Waals surface area contributed by atoms with E-state index in [9.17, 15) is 0 Å². The first kappa shape index (κ1) is 10.7. The van der Waals surface area contributed by atoms with Crippen LogP contribution in [0.15, 0.2) is 12.1 Å². The van der Waals surface area contributed by atoms with Crippen LogP contribution in [0, 0.1) is 5.92 Å². The molecule has 1 aliphatic carbocycles. The van der Waals surface area contributed by atoms with Crippen LogP contribution >= 0.6 is 0 Å². The Morgan fingerprint density at radius 2 is 1.72 bits per heavy atom. The molecule has 0 radical (unpaired) electrons. The highest BCUT2D eigenvalue weighted by Gasteiger charge is 2.37. The minimum absolute atomic E-state index is 0.534. The van der Waals surface area contributed by atoms with Gasteiger partial charge in [0.25, 0.3) is 0 Å². The van der Waals surface area contributed by atoms with Crippen molar-refractivity contribution in [2.75, 3.05) is 19.8 Å². The van der Waals surface area contributed by atoms with Crippen molar-refractivity contribution in [3.8, 4) is 11.5 Å². The molecule has 3 aliphatic rings. The highest BCUT2D eigenvalue weighted by Crippen LogP contribution is 2.48. The van der Waals surface area contributed by atoms with E-state index in [1.54, 1.807) is 0 Å². The standard InChI is InChI=1S/C15H19NO2/c1-9-8-16-15(10-2-3-10)12-7-14-13(6-11(9)12)17-4-5-18-14/h6-7,9-10,15-16H,2-5,8H2,1H3. The van der Waals surface area contributed by atoms with Crippen molar-refractivity contribution >= 4 is 0 Å². The Bertz CT molecular complexity index is 482. The molecule has 1 N–H and O–H groups in total. The van der Waals surface area contributed by atoms with Crippen molar-refractivity contribution in [2.45, 2.75) is 31.7 Å². The molecule has 0 spiro atoms. The molecule has 2 unspecified atom stereocenters. The minimum atomic E-state index is 0.534. The second kappa shape index (κ2) is 3.89. The van der Waals surface area contributed by atoms with Gasteiger partial charge in [-0.25, -0.2) is 0 Å². The smallest absolute Gasteiger partial charge is 0.161 e. The summed E-state index contributed by atoms with van der Waals surface area (Å²) in [5.74, 6) is 3.26. The molecule has 1 aromatic rings. The van der Waals surface area contributed by atoms with Gasteiger partial charge < -0.3 is 14.8 Å². The first-order valence-corrected chi connectivity index (χ1v) is 7.00. The zero-order valence-electron chi connectivity index (χ0n) is 10.7. The van der Waals surface area contributed by atoms with Gasteiger partial charge in [-0.15, -0.1) is 0 Å². The SMILES string of the molecule is CC1CNC(C2CC2)c2cc3c(cc21)OCCO3. The quantitative estimate of drug-likeness (QED) is 0.825. The lowest BCUT2D eigenvalue weighted by Gasteiger charge is -2.33. The molecule has 0 amide bonds. The first-order chi connectivity index (χ1) is 8.83. The molecule has 2 aliphatic heterocycles. The van der Waals surface area contributed by atoms with E-state index in [1.165, 1.54) is 24.0 Å². The summed E-state index contributed by atoms with van der Waals surface area (Å²) in [6, 6.07) is 4.97. The van der Waals surface area contributed by atoms with Gasteiger partial charge in [-0.05, 0) is 47.9 Å². The third-order valence-corrected chi connectivity index (χ3v) is 4.35. The third kappa shape index (κ3) is 1.61. The van der Waals surface area contributed by atoms with E-state index in [0.717, 1.165) is 24.0 Å². The van der Waals surface area contributed by atoms with Crippen molar-refractivity contribution < 1.29 is 9.47 Å². The van der Waals surface area contributed by atoms with Crippen LogP contribution in [0.3, 0.4) is 0 Å². The van der Waals surface area contributed by atoms with Gasteiger partial charge in [0, 0.05) is 12.6 Å². The number of nitrogens with one attached hydrogen (secondary N) is 1. The fourth-order valence-electron chi connectivity index (χ4n) is 3.19. The summed E-state index contributed by atoms with van der Waals surface area (Å²) in [5, 5.41) is 3.70. The summed E-state index contributed by atoms with van der Waals surface area (Å²) < 4.78 is 11.4. The van der Waals surface area contributed by atoms with E-state index in [4.69, 9.17) is 9.47 Å². The second-order valence-electron chi connectivity index (χ2n) is 5.75. The monoisotopic (exact) mass is 245 g/mol. The molecule has 18 heavy (non-hydrogen) atoms. The summed E-state index contributed by atoms with van der Waals surface area (Å²) >= 11 is 0. The normalized spacial score (nSPS) is 29.8. The molecular formula is C15H19NO2. The molecule has 3 heteroatoms. The maximum Gasteiger partial charge on any atom is 0.161 e. The van der Waals surface area contributed by atoms with E-state index in [-0.39, 0.29) is 0 Å². The second-order valence-corrected chi connectivity index (χ2v) is 5.75. The Balaban J connectivity index is 1.81. The van der Waals surface area contributed by atoms with Crippen LogP contribution in [0.25, 0.3) is 0 Å². The maximum absolute atomic E-state index is 5.72. The largest absolute Gasteiger partial charge is 0.486 e. The third-order valence-electron chi connectivity index (χ3n) is 4.35. The van der Waals surface area contributed by atoms with E-state index >= 15 is 0 Å². The predicted octanol–water partition coefficient (Wildman–Crippen LogP) is 2.62. The van der Waals surface area contributed by atoms with Gasteiger partial charge in [-0.2, -0.15) is 0 Å². The lowest BCUT2D eigenvalue weighted by atomic mass is 9.85. The van der Waals surface area contributed by atoms with Crippen molar-refractivity contribution in [1.82, 2.24) is 5.32 Å². The van der Waals surface area contributed by atoms with Gasteiger partial charge in [0.05, 0.1) is 0 Å². The number of hydrogen-bond donors (Lipinski definition) is 1. The van der Waals surface area contributed by atoms with Crippen LogP contribution in [0.5, 0.6) is 11.5 Å². The van der Waals surface area contributed by atoms with Gasteiger partial charge in [0.15, 0.2) is 11.5 Å². The molecule has 1 aromatic carbocycles. The van der Waals surface area contributed by atoms with Crippen LogP contribution in [0.2, 0.25) is 0 Å². The van der Waals surface area contributed by atoms with Crippen molar-refractivity contribution in [3.05, 3.63) is 23.3 Å². The molecule has 1 fully saturated rings. The zero-order chi connectivity index (χ0) is 12.1. The van der Waals surface area contributed by atoms with Crippen LogP contribution in [0.1, 0.15) is 42.9 Å². The Morgan fingerprint density at radius 3 is 2.39 bits per heavy atom. The Kier molecular flexibility index (Phi) is 2.31. The lowest BCUT2D eigenvalue weighted by Crippen LogP contribution is -2.33. The lowest BCUT2D eigenvalue weighted by molar-refractivity contribution is 0.170. The van der Waals surface area contributed by atoms with E-state index in [0.29, 0.717) is 25.2 Å². The molecule has 2 atom stereocenters. The maximum atomic E-state index is 5.72. The number of benzene rings is 1. The molecule has 0 saturated heterocycles. The predicted molar refractivity (Wildman–Crippen MR) is 69.3 cm³/mol.